The highest BCUT2D eigenvalue weighted by molar-refractivity contribution is 5.33. The van der Waals surface area contributed by atoms with Crippen molar-refractivity contribution < 1.29 is 8.78 Å². The number of anilines is 1. The molecule has 0 radical (unpaired) electrons. The number of likely N-dealkylation sites (tertiary alicyclic amines) is 1. The lowest BCUT2D eigenvalue weighted by Gasteiger charge is -2.17. The van der Waals surface area contributed by atoms with Crippen LogP contribution in [0.2, 0.25) is 0 Å². The van der Waals surface area contributed by atoms with Gasteiger partial charge >= 0.3 is 0 Å². The average molecular weight is 291 g/mol. The van der Waals surface area contributed by atoms with E-state index < -0.39 is 11.6 Å². The van der Waals surface area contributed by atoms with Crippen molar-refractivity contribution >= 4 is 5.82 Å². The van der Waals surface area contributed by atoms with Gasteiger partial charge in [0.25, 0.3) is 0 Å². The Balaban J connectivity index is 1.60. The number of hydrogen-bond acceptors (Lipinski definition) is 5. The van der Waals surface area contributed by atoms with Crippen LogP contribution in [0.5, 0.6) is 0 Å². The molecule has 21 heavy (non-hydrogen) atoms. The lowest BCUT2D eigenvalue weighted by atomic mass is 10.2. The summed E-state index contributed by atoms with van der Waals surface area (Å²) in [6.07, 6.45) is 6.15. The van der Waals surface area contributed by atoms with Gasteiger partial charge in [-0.3, -0.25) is 9.88 Å². The first-order valence-electron chi connectivity index (χ1n) is 6.75. The Morgan fingerprint density at radius 3 is 2.76 bits per heavy atom. The van der Waals surface area contributed by atoms with Gasteiger partial charge in [-0.05, 0) is 12.5 Å². The van der Waals surface area contributed by atoms with Crippen molar-refractivity contribution in [2.75, 3.05) is 18.4 Å². The number of halogens is 2. The number of rotatable bonds is 4. The fraction of sp³-hybridized carbons (Fsp3) is 0.357. The number of nitrogens with one attached hydrogen (secondary N) is 1. The summed E-state index contributed by atoms with van der Waals surface area (Å²) in [6.45, 7) is 1.75. The zero-order valence-electron chi connectivity index (χ0n) is 11.3. The van der Waals surface area contributed by atoms with Crippen LogP contribution in [-0.4, -0.2) is 39.0 Å². The van der Waals surface area contributed by atoms with Crippen molar-refractivity contribution in [1.29, 1.82) is 0 Å². The molecule has 0 spiro atoms. The van der Waals surface area contributed by atoms with Crippen LogP contribution >= 0.6 is 0 Å². The van der Waals surface area contributed by atoms with Gasteiger partial charge in [0.05, 0.1) is 12.4 Å². The highest BCUT2D eigenvalue weighted by atomic mass is 19.1. The van der Waals surface area contributed by atoms with Crippen LogP contribution in [0.1, 0.15) is 12.0 Å². The Kier molecular flexibility index (Phi) is 4.01. The molecule has 0 bridgehead atoms. The maximum Gasteiger partial charge on any atom is 0.148 e. The predicted octanol–water partition coefficient (Wildman–Crippen LogP) is 1.84. The van der Waals surface area contributed by atoms with Crippen LogP contribution < -0.4 is 5.32 Å². The van der Waals surface area contributed by atoms with E-state index in [-0.39, 0.29) is 18.2 Å². The number of nitrogens with zero attached hydrogens (tertiary/aromatic N) is 4. The highest BCUT2D eigenvalue weighted by Gasteiger charge is 2.24. The molecule has 5 nitrogen and oxygen atoms in total. The molecule has 1 atom stereocenters. The maximum absolute atomic E-state index is 13.6. The van der Waals surface area contributed by atoms with Gasteiger partial charge in [0, 0.05) is 37.4 Å². The van der Waals surface area contributed by atoms with Gasteiger partial charge in [-0.1, -0.05) is 0 Å². The maximum atomic E-state index is 13.6. The van der Waals surface area contributed by atoms with E-state index in [2.05, 4.69) is 20.3 Å². The van der Waals surface area contributed by atoms with Crippen LogP contribution in [0.15, 0.2) is 31.0 Å². The van der Waals surface area contributed by atoms with Gasteiger partial charge in [0.15, 0.2) is 0 Å². The zero-order chi connectivity index (χ0) is 14.7. The van der Waals surface area contributed by atoms with Crippen molar-refractivity contribution in [3.8, 4) is 0 Å². The third kappa shape index (κ3) is 3.30. The Bertz CT molecular complexity index is 587. The molecule has 1 unspecified atom stereocenters. The fourth-order valence-electron chi connectivity index (χ4n) is 2.49. The molecule has 0 aromatic carbocycles. The number of aromatic nitrogens is 3. The Morgan fingerprint density at radius 2 is 2.05 bits per heavy atom. The molecular weight excluding hydrogens is 276 g/mol. The van der Waals surface area contributed by atoms with Gasteiger partial charge in [0.2, 0.25) is 0 Å². The first kappa shape index (κ1) is 13.8. The summed E-state index contributed by atoms with van der Waals surface area (Å²) in [4.78, 5) is 13.5. The van der Waals surface area contributed by atoms with Crippen LogP contribution in [0.4, 0.5) is 14.6 Å². The van der Waals surface area contributed by atoms with Crippen molar-refractivity contribution in [2.45, 2.75) is 19.0 Å². The third-order valence-electron chi connectivity index (χ3n) is 3.54. The summed E-state index contributed by atoms with van der Waals surface area (Å²) in [5, 5.41) is 3.29. The Morgan fingerprint density at radius 1 is 1.24 bits per heavy atom. The van der Waals surface area contributed by atoms with E-state index in [1.165, 1.54) is 6.33 Å². The summed E-state index contributed by atoms with van der Waals surface area (Å²) in [5.74, 6) is -0.428. The second kappa shape index (κ2) is 6.09. The molecule has 2 aromatic heterocycles. The molecule has 0 amide bonds. The number of hydrogen-bond donors (Lipinski definition) is 1. The molecule has 1 fully saturated rings. The summed E-state index contributed by atoms with van der Waals surface area (Å²) in [6, 6.07) is 2.01. The molecule has 3 rings (SSSR count). The van der Waals surface area contributed by atoms with Crippen molar-refractivity contribution in [3.05, 3.63) is 48.2 Å². The van der Waals surface area contributed by atoms with Crippen LogP contribution in [0, 0.1) is 11.6 Å². The van der Waals surface area contributed by atoms with E-state index in [0.717, 1.165) is 31.2 Å². The molecule has 0 aliphatic carbocycles. The lowest BCUT2D eigenvalue weighted by Crippen LogP contribution is -2.27. The normalized spacial score (nSPS) is 18.9. The summed E-state index contributed by atoms with van der Waals surface area (Å²) in [7, 11) is 0. The monoisotopic (exact) mass is 291 g/mol. The smallest absolute Gasteiger partial charge is 0.148 e. The van der Waals surface area contributed by atoms with Crippen molar-refractivity contribution in [2.24, 2.45) is 0 Å². The van der Waals surface area contributed by atoms with Crippen LogP contribution in [-0.2, 0) is 6.54 Å². The molecule has 7 heteroatoms. The van der Waals surface area contributed by atoms with E-state index in [0.29, 0.717) is 6.54 Å². The van der Waals surface area contributed by atoms with E-state index in [1.54, 1.807) is 12.3 Å². The minimum absolute atomic E-state index is 0.0766. The second-order valence-corrected chi connectivity index (χ2v) is 5.04. The fourth-order valence-corrected chi connectivity index (χ4v) is 2.49. The molecule has 1 aliphatic rings. The molecule has 1 aliphatic heterocycles. The summed E-state index contributed by atoms with van der Waals surface area (Å²) >= 11 is 0. The summed E-state index contributed by atoms with van der Waals surface area (Å²) < 4.78 is 27.2. The molecule has 3 heterocycles. The van der Waals surface area contributed by atoms with E-state index in [9.17, 15) is 8.78 Å². The molecule has 0 saturated carbocycles. The number of pyridine rings is 1. The van der Waals surface area contributed by atoms with Crippen molar-refractivity contribution in [3.63, 3.8) is 0 Å². The molecular formula is C14H15F2N5. The summed E-state index contributed by atoms with van der Waals surface area (Å²) in [5.41, 5.74) is 0.0766. The highest BCUT2D eigenvalue weighted by Crippen LogP contribution is 2.19. The van der Waals surface area contributed by atoms with Gasteiger partial charge in [-0.2, -0.15) is 0 Å². The standard InChI is InChI=1S/C14H15F2N5/c15-12-5-18-6-13(16)11(12)8-21-4-2-10(7-21)20-14-1-3-17-9-19-14/h1,3,5-6,9-10H,2,4,7-8H2,(H,17,19,20). The molecule has 110 valence electrons. The minimum Gasteiger partial charge on any atom is -0.366 e. The largest absolute Gasteiger partial charge is 0.366 e. The second-order valence-electron chi connectivity index (χ2n) is 5.04. The van der Waals surface area contributed by atoms with E-state index >= 15 is 0 Å². The molecule has 1 N–H and O–H groups in total. The lowest BCUT2D eigenvalue weighted by molar-refractivity contribution is 0.315. The predicted molar refractivity (Wildman–Crippen MR) is 73.5 cm³/mol. The minimum atomic E-state index is -0.595. The Hall–Kier alpha value is -2.15. The average Bonchev–Trinajstić information content (AvgIpc) is 2.91. The Labute approximate surface area is 121 Å². The van der Waals surface area contributed by atoms with Gasteiger partial charge < -0.3 is 5.32 Å². The first-order chi connectivity index (χ1) is 10.2. The third-order valence-corrected chi connectivity index (χ3v) is 3.54. The van der Waals surface area contributed by atoms with E-state index in [4.69, 9.17) is 0 Å². The van der Waals surface area contributed by atoms with E-state index in [1.807, 2.05) is 4.90 Å². The molecule has 1 saturated heterocycles. The van der Waals surface area contributed by atoms with Crippen LogP contribution in [0.25, 0.3) is 0 Å². The van der Waals surface area contributed by atoms with Crippen LogP contribution in [0.3, 0.4) is 0 Å². The first-order valence-corrected chi connectivity index (χ1v) is 6.75. The molecule has 2 aromatic rings. The topological polar surface area (TPSA) is 53.9 Å². The SMILES string of the molecule is Fc1cncc(F)c1CN1CCC(Nc2ccncn2)C1. The van der Waals surface area contributed by atoms with Gasteiger partial charge in [0.1, 0.15) is 23.8 Å². The van der Waals surface area contributed by atoms with Crippen molar-refractivity contribution in [1.82, 2.24) is 19.9 Å². The quantitative estimate of drug-likeness (QED) is 0.931. The van der Waals surface area contributed by atoms with Gasteiger partial charge in [-0.25, -0.2) is 18.7 Å². The zero-order valence-corrected chi connectivity index (χ0v) is 11.3. The van der Waals surface area contributed by atoms with Gasteiger partial charge in [-0.15, -0.1) is 0 Å².